The van der Waals surface area contributed by atoms with Crippen molar-refractivity contribution in [2.75, 3.05) is 0 Å². The van der Waals surface area contributed by atoms with E-state index in [1.165, 1.54) is 19.1 Å². The Kier molecular flexibility index (Phi) is 3.19. The van der Waals surface area contributed by atoms with E-state index in [9.17, 15) is 14.3 Å². The molecule has 0 saturated heterocycles. The van der Waals surface area contributed by atoms with Gasteiger partial charge < -0.3 is 10.2 Å². The van der Waals surface area contributed by atoms with E-state index in [1.807, 2.05) is 0 Å². The Morgan fingerprint density at radius 3 is 2.29 bits per heavy atom. The van der Waals surface area contributed by atoms with Crippen LogP contribution >= 0.6 is 0 Å². The normalized spacial score (nSPS) is 14.8. The van der Waals surface area contributed by atoms with Gasteiger partial charge in [0, 0.05) is 0 Å². The van der Waals surface area contributed by atoms with Gasteiger partial charge in [-0.05, 0) is 18.1 Å². The highest BCUT2D eigenvalue weighted by Crippen LogP contribution is 2.25. The Bertz CT molecular complexity index is 336. The highest BCUT2D eigenvalue weighted by molar-refractivity contribution is 5.74. The molecule has 1 aromatic carbocycles. The standard InChI is InChI=1S/C10H11FO3/c1-6(11)7-4-2-3-5-8(7)9(12)10(13)14/h2-6,9,12H,1H3,(H,13,14). The van der Waals surface area contributed by atoms with Gasteiger partial charge in [0.2, 0.25) is 0 Å². The maximum atomic E-state index is 13.0. The van der Waals surface area contributed by atoms with Crippen LogP contribution in [0, 0.1) is 0 Å². The van der Waals surface area contributed by atoms with Crippen LogP contribution in [0.15, 0.2) is 24.3 Å². The Morgan fingerprint density at radius 2 is 1.86 bits per heavy atom. The minimum atomic E-state index is -1.66. The lowest BCUT2D eigenvalue weighted by molar-refractivity contribution is -0.147. The summed E-state index contributed by atoms with van der Waals surface area (Å²) in [7, 11) is 0. The van der Waals surface area contributed by atoms with Crippen molar-refractivity contribution >= 4 is 5.97 Å². The van der Waals surface area contributed by atoms with E-state index in [2.05, 4.69) is 0 Å². The van der Waals surface area contributed by atoms with Gasteiger partial charge in [0.15, 0.2) is 6.10 Å². The average Bonchev–Trinajstić information content (AvgIpc) is 2.16. The summed E-state index contributed by atoms with van der Waals surface area (Å²) in [6.45, 7) is 1.30. The second kappa shape index (κ2) is 4.19. The maximum absolute atomic E-state index is 13.0. The molecule has 0 aliphatic carbocycles. The molecule has 1 aromatic rings. The minimum Gasteiger partial charge on any atom is -0.479 e. The third kappa shape index (κ3) is 2.09. The van der Waals surface area contributed by atoms with Crippen LogP contribution in [-0.4, -0.2) is 16.2 Å². The van der Waals surface area contributed by atoms with E-state index in [0.29, 0.717) is 0 Å². The first kappa shape index (κ1) is 10.7. The largest absolute Gasteiger partial charge is 0.479 e. The van der Waals surface area contributed by atoms with Crippen LogP contribution in [0.1, 0.15) is 30.3 Å². The first-order valence-corrected chi connectivity index (χ1v) is 4.17. The SMILES string of the molecule is CC(F)c1ccccc1C(O)C(=O)O. The molecule has 0 aliphatic heterocycles. The van der Waals surface area contributed by atoms with Crippen LogP contribution in [0.2, 0.25) is 0 Å². The number of aliphatic hydroxyl groups is 1. The Labute approximate surface area is 80.8 Å². The van der Waals surface area contributed by atoms with Crippen LogP contribution in [0.4, 0.5) is 4.39 Å². The van der Waals surface area contributed by atoms with Crippen molar-refractivity contribution in [1.29, 1.82) is 0 Å². The molecule has 76 valence electrons. The van der Waals surface area contributed by atoms with E-state index < -0.39 is 18.2 Å². The lowest BCUT2D eigenvalue weighted by Crippen LogP contribution is -2.12. The number of carbonyl (C=O) groups is 1. The molecular formula is C10H11FO3. The molecule has 3 nitrogen and oxygen atoms in total. The number of rotatable bonds is 3. The lowest BCUT2D eigenvalue weighted by Gasteiger charge is -2.12. The van der Waals surface area contributed by atoms with Gasteiger partial charge >= 0.3 is 5.97 Å². The van der Waals surface area contributed by atoms with Gasteiger partial charge in [0.05, 0.1) is 0 Å². The number of benzene rings is 1. The van der Waals surface area contributed by atoms with Crippen LogP contribution in [0.25, 0.3) is 0 Å². The summed E-state index contributed by atoms with van der Waals surface area (Å²) in [5.74, 6) is -1.38. The Hall–Kier alpha value is -1.42. The molecular weight excluding hydrogens is 187 g/mol. The zero-order chi connectivity index (χ0) is 10.7. The molecule has 0 aliphatic rings. The van der Waals surface area contributed by atoms with Crippen molar-refractivity contribution in [1.82, 2.24) is 0 Å². The Balaban J connectivity index is 3.13. The quantitative estimate of drug-likeness (QED) is 0.779. The first-order chi connectivity index (χ1) is 6.54. The van der Waals surface area contributed by atoms with Crippen molar-refractivity contribution < 1.29 is 19.4 Å². The molecule has 0 radical (unpaired) electrons. The summed E-state index contributed by atoms with van der Waals surface area (Å²) in [5, 5.41) is 17.8. The summed E-state index contributed by atoms with van der Waals surface area (Å²) in [6.07, 6.45) is -2.95. The Morgan fingerprint density at radius 1 is 1.36 bits per heavy atom. The highest BCUT2D eigenvalue weighted by atomic mass is 19.1. The highest BCUT2D eigenvalue weighted by Gasteiger charge is 2.21. The zero-order valence-electron chi connectivity index (χ0n) is 7.64. The lowest BCUT2D eigenvalue weighted by atomic mass is 10.00. The summed E-state index contributed by atoms with van der Waals surface area (Å²) >= 11 is 0. The molecule has 0 fully saturated rings. The van der Waals surface area contributed by atoms with E-state index in [-0.39, 0.29) is 11.1 Å². The molecule has 0 aromatic heterocycles. The van der Waals surface area contributed by atoms with Crippen molar-refractivity contribution in [3.05, 3.63) is 35.4 Å². The zero-order valence-corrected chi connectivity index (χ0v) is 7.64. The van der Waals surface area contributed by atoms with Crippen molar-refractivity contribution in [2.45, 2.75) is 19.2 Å². The molecule has 0 amide bonds. The number of halogens is 1. The summed E-state index contributed by atoms with van der Waals surface area (Å²) in [6, 6.07) is 6.03. The monoisotopic (exact) mass is 198 g/mol. The van der Waals surface area contributed by atoms with Gasteiger partial charge in [0.25, 0.3) is 0 Å². The number of hydrogen-bond acceptors (Lipinski definition) is 2. The van der Waals surface area contributed by atoms with Crippen LogP contribution in [0.3, 0.4) is 0 Å². The first-order valence-electron chi connectivity index (χ1n) is 4.17. The van der Waals surface area contributed by atoms with Gasteiger partial charge in [-0.1, -0.05) is 24.3 Å². The molecule has 14 heavy (non-hydrogen) atoms. The molecule has 0 saturated carbocycles. The topological polar surface area (TPSA) is 57.5 Å². The number of carboxylic acids is 1. The predicted molar refractivity (Wildman–Crippen MR) is 48.6 cm³/mol. The molecule has 0 bridgehead atoms. The maximum Gasteiger partial charge on any atom is 0.337 e. The molecule has 4 heteroatoms. The van der Waals surface area contributed by atoms with Crippen LogP contribution in [-0.2, 0) is 4.79 Å². The van der Waals surface area contributed by atoms with Crippen molar-refractivity contribution in [3.63, 3.8) is 0 Å². The fraction of sp³-hybridized carbons (Fsp3) is 0.300. The number of carboxylic acid groups (broad SMARTS) is 1. The fourth-order valence-electron chi connectivity index (χ4n) is 1.26. The van der Waals surface area contributed by atoms with Crippen molar-refractivity contribution in [3.8, 4) is 0 Å². The minimum absolute atomic E-state index is 0.106. The van der Waals surface area contributed by atoms with Crippen LogP contribution in [0.5, 0.6) is 0 Å². The molecule has 2 atom stereocenters. The smallest absolute Gasteiger partial charge is 0.337 e. The molecule has 0 heterocycles. The van der Waals surface area contributed by atoms with E-state index >= 15 is 0 Å². The number of aliphatic hydroxyl groups excluding tert-OH is 1. The van der Waals surface area contributed by atoms with E-state index in [1.54, 1.807) is 12.1 Å². The second-order valence-corrected chi connectivity index (χ2v) is 2.99. The second-order valence-electron chi connectivity index (χ2n) is 2.99. The summed E-state index contributed by atoms with van der Waals surface area (Å²) < 4.78 is 13.0. The molecule has 2 N–H and O–H groups in total. The third-order valence-corrected chi connectivity index (χ3v) is 1.95. The average molecular weight is 198 g/mol. The number of alkyl halides is 1. The van der Waals surface area contributed by atoms with Gasteiger partial charge in [-0.2, -0.15) is 0 Å². The van der Waals surface area contributed by atoms with E-state index in [0.717, 1.165) is 0 Å². The van der Waals surface area contributed by atoms with E-state index in [4.69, 9.17) is 5.11 Å². The van der Waals surface area contributed by atoms with Gasteiger partial charge in [-0.15, -0.1) is 0 Å². The van der Waals surface area contributed by atoms with Crippen molar-refractivity contribution in [2.24, 2.45) is 0 Å². The predicted octanol–water partition coefficient (Wildman–Crippen LogP) is 1.84. The molecule has 1 rings (SSSR count). The number of aliphatic carboxylic acids is 1. The third-order valence-electron chi connectivity index (χ3n) is 1.95. The molecule has 0 spiro atoms. The summed E-state index contributed by atoms with van der Waals surface area (Å²) in [5.41, 5.74) is 0.317. The van der Waals surface area contributed by atoms with Gasteiger partial charge in [0.1, 0.15) is 6.17 Å². The molecule has 2 unspecified atom stereocenters. The van der Waals surface area contributed by atoms with Gasteiger partial charge in [-0.3, -0.25) is 0 Å². The van der Waals surface area contributed by atoms with Gasteiger partial charge in [-0.25, -0.2) is 9.18 Å². The van der Waals surface area contributed by atoms with Crippen LogP contribution < -0.4 is 0 Å². The fourth-order valence-corrected chi connectivity index (χ4v) is 1.26. The number of hydrogen-bond donors (Lipinski definition) is 2. The summed E-state index contributed by atoms with van der Waals surface area (Å²) in [4.78, 5) is 10.5.